The van der Waals surface area contributed by atoms with E-state index in [-0.39, 0.29) is 11.2 Å². The largest absolute Gasteiger partial charge is 0.332 e. The molecule has 2 aliphatic rings. The average Bonchev–Trinajstić information content (AvgIpc) is 3.59. The molecule has 0 amide bonds. The summed E-state index contributed by atoms with van der Waals surface area (Å²) in [6.07, 6.45) is 5.48. The molecule has 0 unspecified atom stereocenters. The number of aromatic nitrogens is 4. The first kappa shape index (κ1) is 18.5. The highest BCUT2D eigenvalue weighted by atomic mass is 32.2. The standard InChI is InChI=1S/C21H24N4O3S/c1-14-5-3-4-6-16(14)21(9-10-21)20-22-19(28-24-20)17-13-18(15-7-8-15)25(23-17)11-12-29(2,26)27/h3-6,13,15H,7-12H2,1-2H3. The Morgan fingerprint density at radius 2 is 2.00 bits per heavy atom. The summed E-state index contributed by atoms with van der Waals surface area (Å²) in [6.45, 7) is 2.46. The van der Waals surface area contributed by atoms with Crippen LogP contribution in [0.15, 0.2) is 34.9 Å². The van der Waals surface area contributed by atoms with Crippen LogP contribution in [0.3, 0.4) is 0 Å². The van der Waals surface area contributed by atoms with Gasteiger partial charge < -0.3 is 4.52 Å². The van der Waals surface area contributed by atoms with Crippen LogP contribution in [-0.2, 0) is 21.8 Å². The zero-order valence-electron chi connectivity index (χ0n) is 16.6. The van der Waals surface area contributed by atoms with Gasteiger partial charge in [-0.2, -0.15) is 10.1 Å². The first-order chi connectivity index (χ1) is 13.9. The highest BCUT2D eigenvalue weighted by Gasteiger charge is 2.50. The molecule has 0 spiro atoms. The summed E-state index contributed by atoms with van der Waals surface area (Å²) in [5, 5.41) is 8.90. The van der Waals surface area contributed by atoms with E-state index in [0.717, 1.165) is 31.4 Å². The van der Waals surface area contributed by atoms with Gasteiger partial charge in [-0.1, -0.05) is 29.4 Å². The van der Waals surface area contributed by atoms with Crippen LogP contribution in [0.25, 0.3) is 11.6 Å². The molecule has 1 aromatic carbocycles. The van der Waals surface area contributed by atoms with Crippen LogP contribution >= 0.6 is 0 Å². The first-order valence-electron chi connectivity index (χ1n) is 10.0. The Morgan fingerprint density at radius 1 is 1.24 bits per heavy atom. The normalized spacial score (nSPS) is 18.1. The molecular formula is C21H24N4O3S. The maximum absolute atomic E-state index is 11.6. The average molecular weight is 413 g/mol. The quantitative estimate of drug-likeness (QED) is 0.592. The minimum atomic E-state index is -3.05. The van der Waals surface area contributed by atoms with Gasteiger partial charge in [0, 0.05) is 17.9 Å². The summed E-state index contributed by atoms with van der Waals surface area (Å²) >= 11 is 0. The van der Waals surface area contributed by atoms with Crippen LogP contribution < -0.4 is 0 Å². The van der Waals surface area contributed by atoms with Crippen molar-refractivity contribution in [1.29, 1.82) is 0 Å². The molecule has 2 heterocycles. The second-order valence-electron chi connectivity index (χ2n) is 8.40. The molecule has 2 aliphatic carbocycles. The van der Waals surface area contributed by atoms with Crippen molar-refractivity contribution < 1.29 is 12.9 Å². The summed E-state index contributed by atoms with van der Waals surface area (Å²) in [5.41, 5.74) is 4.01. The number of sulfone groups is 1. The van der Waals surface area contributed by atoms with E-state index >= 15 is 0 Å². The van der Waals surface area contributed by atoms with Gasteiger partial charge in [-0.15, -0.1) is 0 Å². The summed E-state index contributed by atoms with van der Waals surface area (Å²) in [6, 6.07) is 10.3. The number of hydrogen-bond donors (Lipinski definition) is 0. The highest BCUT2D eigenvalue weighted by Crippen LogP contribution is 2.53. The fourth-order valence-electron chi connectivity index (χ4n) is 4.04. The summed E-state index contributed by atoms with van der Waals surface area (Å²) in [5.74, 6) is 1.62. The summed E-state index contributed by atoms with van der Waals surface area (Å²) in [4.78, 5) is 4.70. The lowest BCUT2D eigenvalue weighted by atomic mass is 9.91. The van der Waals surface area contributed by atoms with E-state index in [1.54, 1.807) is 4.68 Å². The molecule has 5 rings (SSSR count). The third kappa shape index (κ3) is 3.50. The minimum absolute atomic E-state index is 0.0688. The topological polar surface area (TPSA) is 90.9 Å². The van der Waals surface area contributed by atoms with Crippen LogP contribution in [0.4, 0.5) is 0 Å². The molecular weight excluding hydrogens is 388 g/mol. The summed E-state index contributed by atoms with van der Waals surface area (Å²) in [7, 11) is -3.05. The molecule has 7 nitrogen and oxygen atoms in total. The van der Waals surface area contributed by atoms with Gasteiger partial charge in [0.15, 0.2) is 11.5 Å². The zero-order valence-corrected chi connectivity index (χ0v) is 17.4. The van der Waals surface area contributed by atoms with Gasteiger partial charge in [-0.05, 0) is 49.8 Å². The molecule has 8 heteroatoms. The predicted molar refractivity (Wildman–Crippen MR) is 108 cm³/mol. The van der Waals surface area contributed by atoms with Crippen molar-refractivity contribution in [1.82, 2.24) is 19.9 Å². The smallest absolute Gasteiger partial charge is 0.278 e. The molecule has 0 saturated heterocycles. The van der Waals surface area contributed by atoms with Crippen LogP contribution in [0.5, 0.6) is 0 Å². The Morgan fingerprint density at radius 3 is 2.66 bits per heavy atom. The van der Waals surface area contributed by atoms with E-state index < -0.39 is 9.84 Å². The molecule has 0 bridgehead atoms. The fourth-order valence-corrected chi connectivity index (χ4v) is 4.55. The molecule has 152 valence electrons. The maximum atomic E-state index is 11.6. The molecule has 0 radical (unpaired) electrons. The van der Waals surface area contributed by atoms with Crippen LogP contribution in [0, 0.1) is 6.92 Å². The molecule has 2 aromatic heterocycles. The third-order valence-corrected chi connectivity index (χ3v) is 6.89. The lowest BCUT2D eigenvalue weighted by molar-refractivity contribution is 0.416. The summed E-state index contributed by atoms with van der Waals surface area (Å²) < 4.78 is 30.6. The van der Waals surface area contributed by atoms with Crippen molar-refractivity contribution in [2.45, 2.75) is 50.5 Å². The third-order valence-electron chi connectivity index (χ3n) is 5.96. The second kappa shape index (κ2) is 6.52. The van der Waals surface area contributed by atoms with Crippen molar-refractivity contribution in [3.8, 4) is 11.6 Å². The lowest BCUT2D eigenvalue weighted by Gasteiger charge is -2.13. The van der Waals surface area contributed by atoms with Crippen LogP contribution in [0.1, 0.15) is 54.2 Å². The molecule has 0 aliphatic heterocycles. The number of hydrogen-bond acceptors (Lipinski definition) is 6. The van der Waals surface area contributed by atoms with E-state index in [1.165, 1.54) is 17.4 Å². The molecule has 2 saturated carbocycles. The lowest BCUT2D eigenvalue weighted by Crippen LogP contribution is -2.14. The van der Waals surface area contributed by atoms with Crippen molar-refractivity contribution in [2.24, 2.45) is 0 Å². The fraction of sp³-hybridized carbons (Fsp3) is 0.476. The van der Waals surface area contributed by atoms with E-state index in [2.05, 4.69) is 35.4 Å². The van der Waals surface area contributed by atoms with Gasteiger partial charge in [-0.25, -0.2) is 8.42 Å². The number of nitrogens with zero attached hydrogens (tertiary/aromatic N) is 4. The van der Waals surface area contributed by atoms with Gasteiger partial charge in [0.2, 0.25) is 0 Å². The van der Waals surface area contributed by atoms with Crippen molar-refractivity contribution >= 4 is 9.84 Å². The molecule has 0 atom stereocenters. The highest BCUT2D eigenvalue weighted by molar-refractivity contribution is 7.90. The van der Waals surface area contributed by atoms with Gasteiger partial charge in [0.05, 0.1) is 17.7 Å². The maximum Gasteiger partial charge on any atom is 0.278 e. The minimum Gasteiger partial charge on any atom is -0.332 e. The van der Waals surface area contributed by atoms with Crippen LogP contribution in [-0.4, -0.2) is 40.3 Å². The number of rotatable bonds is 7. The van der Waals surface area contributed by atoms with E-state index in [9.17, 15) is 8.42 Å². The number of aryl methyl sites for hydroxylation is 2. The molecule has 0 N–H and O–H groups in total. The SMILES string of the molecule is Cc1ccccc1C1(c2noc(-c3cc(C4CC4)n(CCS(C)(=O)=O)n3)n2)CC1. The molecule has 2 fully saturated rings. The van der Waals surface area contributed by atoms with Crippen molar-refractivity contribution in [2.75, 3.05) is 12.0 Å². The Labute approximate surface area is 170 Å². The number of benzene rings is 1. The Hall–Kier alpha value is -2.48. The predicted octanol–water partition coefficient (Wildman–Crippen LogP) is 3.24. The van der Waals surface area contributed by atoms with E-state index in [0.29, 0.717) is 29.9 Å². The van der Waals surface area contributed by atoms with Gasteiger partial charge >= 0.3 is 0 Å². The van der Waals surface area contributed by atoms with Gasteiger partial charge in [0.25, 0.3) is 5.89 Å². The van der Waals surface area contributed by atoms with Crippen molar-refractivity contribution in [3.63, 3.8) is 0 Å². The van der Waals surface area contributed by atoms with E-state index in [1.807, 2.05) is 12.1 Å². The molecule has 3 aromatic rings. The second-order valence-corrected chi connectivity index (χ2v) is 10.7. The van der Waals surface area contributed by atoms with E-state index in [4.69, 9.17) is 9.51 Å². The first-order valence-corrected chi connectivity index (χ1v) is 12.1. The van der Waals surface area contributed by atoms with Crippen molar-refractivity contribution in [3.05, 3.63) is 53.0 Å². The zero-order chi connectivity index (χ0) is 20.2. The van der Waals surface area contributed by atoms with Crippen LogP contribution in [0.2, 0.25) is 0 Å². The monoisotopic (exact) mass is 412 g/mol. The Balaban J connectivity index is 1.46. The van der Waals surface area contributed by atoms with Gasteiger partial charge in [-0.3, -0.25) is 4.68 Å². The Kier molecular flexibility index (Phi) is 4.17. The Bertz CT molecular complexity index is 1170. The molecule has 29 heavy (non-hydrogen) atoms. The van der Waals surface area contributed by atoms with Gasteiger partial charge in [0.1, 0.15) is 9.84 Å².